The van der Waals surface area contributed by atoms with E-state index in [1.54, 1.807) is 24.3 Å². The first-order valence-electron chi connectivity index (χ1n) is 9.31. The zero-order valence-electron chi connectivity index (χ0n) is 17.5. The van der Waals surface area contributed by atoms with Crippen molar-refractivity contribution in [3.8, 4) is 17.3 Å². The molecule has 0 bridgehead atoms. The highest BCUT2D eigenvalue weighted by atomic mass is 35.5. The van der Waals surface area contributed by atoms with Gasteiger partial charge in [0.05, 0.1) is 22.8 Å². The molecule has 3 aromatic heterocycles. The third-order valence-corrected chi connectivity index (χ3v) is 6.19. The minimum Gasteiger partial charge on any atom is -0.382 e. The summed E-state index contributed by atoms with van der Waals surface area (Å²) in [5.74, 6) is 0.330. The molecule has 10 nitrogen and oxygen atoms in total. The van der Waals surface area contributed by atoms with Gasteiger partial charge in [-0.05, 0) is 25.1 Å². The number of nitriles is 1. The van der Waals surface area contributed by atoms with E-state index in [-0.39, 0.29) is 35.6 Å². The summed E-state index contributed by atoms with van der Waals surface area (Å²) in [7, 11) is -3.42. The number of hydrogen-bond acceptors (Lipinski definition) is 9. The molecule has 4 aromatic rings. The molecule has 0 amide bonds. The van der Waals surface area contributed by atoms with Gasteiger partial charge in [0.1, 0.15) is 29.6 Å². The maximum absolute atomic E-state index is 12.1. The molecule has 0 saturated carbocycles. The SMILES string of the molecule is C[C@H](Nc1ncnc(N)c1C#N)c1cc2ncc(Cl)n2nc1-c1cccc(S(C)(=O)=O)c1.S. The number of rotatable bonds is 5. The Morgan fingerprint density at radius 1 is 1.24 bits per heavy atom. The van der Waals surface area contributed by atoms with E-state index in [4.69, 9.17) is 17.3 Å². The van der Waals surface area contributed by atoms with E-state index >= 15 is 0 Å². The lowest BCUT2D eigenvalue weighted by Gasteiger charge is -2.19. The van der Waals surface area contributed by atoms with Crippen LogP contribution in [0.1, 0.15) is 24.1 Å². The topological polar surface area (TPSA) is 152 Å². The number of aromatic nitrogens is 5. The Morgan fingerprint density at radius 2 is 2.00 bits per heavy atom. The van der Waals surface area contributed by atoms with Crippen LogP contribution in [0.3, 0.4) is 0 Å². The number of nitrogen functional groups attached to an aromatic ring is 1. The number of fused-ring (bicyclic) bond motifs is 1. The molecule has 0 aliphatic heterocycles. The number of imidazole rings is 1. The first-order valence-corrected chi connectivity index (χ1v) is 11.6. The molecule has 3 N–H and O–H groups in total. The summed E-state index contributed by atoms with van der Waals surface area (Å²) in [6.45, 7) is 1.85. The van der Waals surface area contributed by atoms with Crippen molar-refractivity contribution in [3.05, 3.63) is 59.1 Å². The molecule has 0 fully saturated rings. The summed E-state index contributed by atoms with van der Waals surface area (Å²) in [4.78, 5) is 12.4. The summed E-state index contributed by atoms with van der Waals surface area (Å²) in [6.07, 6.45) is 3.88. The predicted molar refractivity (Wildman–Crippen MR) is 130 cm³/mol. The Labute approximate surface area is 201 Å². The lowest BCUT2D eigenvalue weighted by Crippen LogP contribution is -2.14. The second kappa shape index (κ2) is 9.22. The number of nitrogens with one attached hydrogen (secondary N) is 1. The maximum atomic E-state index is 12.1. The third-order valence-electron chi connectivity index (χ3n) is 4.82. The third kappa shape index (κ3) is 4.70. The number of benzene rings is 1. The minimum absolute atomic E-state index is 0. The van der Waals surface area contributed by atoms with Crippen molar-refractivity contribution < 1.29 is 8.42 Å². The first kappa shape index (κ1) is 24.2. The van der Waals surface area contributed by atoms with E-state index in [0.717, 1.165) is 6.26 Å². The molecule has 0 unspecified atom stereocenters. The van der Waals surface area contributed by atoms with E-state index in [2.05, 4.69) is 25.4 Å². The standard InChI is InChI=1S/C20H17ClN8O2S.H2S/c1-11(27-20-15(8-22)19(23)25-10-26-20)14-7-17-24-9-16(21)29(17)28-18(14)12-4-3-5-13(6-12)32(2,30)31;/h3-7,9-11H,1-2H3,(H3,23,25,26,27);1H2/t11-;/m0./s1. The predicted octanol–water partition coefficient (Wildman–Crippen LogP) is 2.98. The van der Waals surface area contributed by atoms with E-state index in [1.807, 2.05) is 13.0 Å². The second-order valence-electron chi connectivity index (χ2n) is 7.06. The summed E-state index contributed by atoms with van der Waals surface area (Å²) in [6, 6.07) is 9.84. The van der Waals surface area contributed by atoms with Gasteiger partial charge in [-0.1, -0.05) is 23.7 Å². The van der Waals surface area contributed by atoms with Gasteiger partial charge >= 0.3 is 0 Å². The number of hydrogen-bond donors (Lipinski definition) is 2. The molecular formula is C20H19ClN8O2S2. The number of sulfone groups is 1. The van der Waals surface area contributed by atoms with Crippen LogP contribution in [0.15, 0.2) is 47.8 Å². The smallest absolute Gasteiger partial charge is 0.175 e. The van der Waals surface area contributed by atoms with Crippen LogP contribution < -0.4 is 11.1 Å². The quantitative estimate of drug-likeness (QED) is 0.419. The van der Waals surface area contributed by atoms with Crippen LogP contribution >= 0.6 is 25.1 Å². The highest BCUT2D eigenvalue weighted by Gasteiger charge is 2.20. The van der Waals surface area contributed by atoms with Gasteiger partial charge < -0.3 is 11.1 Å². The Kier molecular flexibility index (Phi) is 6.78. The van der Waals surface area contributed by atoms with Crippen LogP contribution in [-0.4, -0.2) is 39.2 Å². The molecule has 0 aliphatic carbocycles. The van der Waals surface area contributed by atoms with Crippen molar-refractivity contribution in [2.45, 2.75) is 17.9 Å². The highest BCUT2D eigenvalue weighted by Crippen LogP contribution is 2.32. The summed E-state index contributed by atoms with van der Waals surface area (Å²) in [5.41, 5.74) is 8.17. The molecule has 1 aromatic carbocycles. The van der Waals surface area contributed by atoms with Crippen molar-refractivity contribution in [1.29, 1.82) is 5.26 Å². The maximum Gasteiger partial charge on any atom is 0.175 e. The van der Waals surface area contributed by atoms with Gasteiger partial charge in [0.25, 0.3) is 0 Å². The molecule has 4 rings (SSSR count). The molecule has 0 saturated heterocycles. The molecule has 170 valence electrons. The van der Waals surface area contributed by atoms with Gasteiger partial charge in [0.15, 0.2) is 20.6 Å². The van der Waals surface area contributed by atoms with Crippen molar-refractivity contribution in [1.82, 2.24) is 24.6 Å². The fraction of sp³-hybridized carbons (Fsp3) is 0.150. The fourth-order valence-corrected chi connectivity index (χ4v) is 4.07. The molecule has 0 aliphatic rings. The molecule has 33 heavy (non-hydrogen) atoms. The van der Waals surface area contributed by atoms with E-state index in [1.165, 1.54) is 23.1 Å². The van der Waals surface area contributed by atoms with Crippen molar-refractivity contribution >= 4 is 52.2 Å². The molecule has 0 spiro atoms. The normalized spacial score (nSPS) is 12.1. The lowest BCUT2D eigenvalue weighted by molar-refractivity contribution is 0.602. The van der Waals surface area contributed by atoms with Crippen LogP contribution in [0.5, 0.6) is 0 Å². The van der Waals surface area contributed by atoms with Crippen LogP contribution in [-0.2, 0) is 9.84 Å². The Hall–Kier alpha value is -3.40. The minimum atomic E-state index is -3.42. The zero-order valence-corrected chi connectivity index (χ0v) is 20.1. The van der Waals surface area contributed by atoms with Crippen LogP contribution in [0, 0.1) is 11.3 Å². The molecule has 1 atom stereocenters. The summed E-state index contributed by atoms with van der Waals surface area (Å²) < 4.78 is 25.6. The van der Waals surface area contributed by atoms with Crippen molar-refractivity contribution in [2.75, 3.05) is 17.3 Å². The van der Waals surface area contributed by atoms with Gasteiger partial charge in [0.2, 0.25) is 0 Å². The van der Waals surface area contributed by atoms with Crippen LogP contribution in [0.4, 0.5) is 11.6 Å². The van der Waals surface area contributed by atoms with Gasteiger partial charge in [-0.15, -0.1) is 0 Å². The largest absolute Gasteiger partial charge is 0.382 e. The van der Waals surface area contributed by atoms with Gasteiger partial charge in [-0.25, -0.2) is 27.9 Å². The van der Waals surface area contributed by atoms with E-state index in [9.17, 15) is 13.7 Å². The van der Waals surface area contributed by atoms with Gasteiger partial charge in [-0.3, -0.25) is 0 Å². The Balaban J connectivity index is 0.00000306. The average Bonchev–Trinajstić information content (AvgIpc) is 3.12. The van der Waals surface area contributed by atoms with E-state index in [0.29, 0.717) is 27.6 Å². The van der Waals surface area contributed by atoms with Crippen LogP contribution in [0.2, 0.25) is 5.15 Å². The molecular weight excluding hydrogens is 484 g/mol. The van der Waals surface area contributed by atoms with Crippen molar-refractivity contribution in [3.63, 3.8) is 0 Å². The monoisotopic (exact) mass is 502 g/mol. The molecule has 0 radical (unpaired) electrons. The Morgan fingerprint density at radius 3 is 2.70 bits per heavy atom. The van der Waals surface area contributed by atoms with Crippen LogP contribution in [0.25, 0.3) is 16.9 Å². The summed E-state index contributed by atoms with van der Waals surface area (Å²) >= 11 is 6.21. The lowest BCUT2D eigenvalue weighted by atomic mass is 10.0. The second-order valence-corrected chi connectivity index (χ2v) is 9.46. The number of anilines is 2. The Bertz CT molecular complexity index is 1500. The van der Waals surface area contributed by atoms with Crippen molar-refractivity contribution in [2.24, 2.45) is 0 Å². The average molecular weight is 503 g/mol. The highest BCUT2D eigenvalue weighted by molar-refractivity contribution is 7.90. The fourth-order valence-electron chi connectivity index (χ4n) is 3.23. The van der Waals surface area contributed by atoms with Gasteiger partial charge in [0, 0.05) is 17.4 Å². The number of nitrogens with zero attached hydrogens (tertiary/aromatic N) is 6. The number of nitrogens with two attached hydrogens (primary N) is 1. The number of halogens is 1. The van der Waals surface area contributed by atoms with E-state index < -0.39 is 15.9 Å². The zero-order chi connectivity index (χ0) is 23.0. The molecule has 13 heteroatoms. The first-order chi connectivity index (χ1) is 15.2. The summed E-state index contributed by atoms with van der Waals surface area (Å²) in [5, 5.41) is 17.5. The molecule has 3 heterocycles. The van der Waals surface area contributed by atoms with Gasteiger partial charge in [-0.2, -0.15) is 23.9 Å².